The van der Waals surface area contributed by atoms with Gasteiger partial charge in [0.1, 0.15) is 57.5 Å². The first-order valence-corrected chi connectivity index (χ1v) is 40.0. The lowest BCUT2D eigenvalue weighted by molar-refractivity contribution is -0.121. The van der Waals surface area contributed by atoms with E-state index in [0.717, 1.165) is 51.1 Å². The number of carbonyl (C=O) groups excluding carboxylic acids is 2. The van der Waals surface area contributed by atoms with Gasteiger partial charge in [0.15, 0.2) is 16.8 Å². The summed E-state index contributed by atoms with van der Waals surface area (Å²) in [6.45, 7) is 6.45. The molecule has 112 heavy (non-hydrogen) atoms. The maximum absolute atomic E-state index is 12.1. The van der Waals surface area contributed by atoms with E-state index < -0.39 is 0 Å². The molecule has 5 aromatic carbocycles. The third-order valence-corrected chi connectivity index (χ3v) is 21.1. The first kappa shape index (κ1) is 84.0. The lowest BCUT2D eigenvalue weighted by Crippen LogP contribution is -2.26. The number of rotatable bonds is 17. The molecule has 3 aliphatic heterocycles. The summed E-state index contributed by atoms with van der Waals surface area (Å²) in [5.74, 6) is 4.79. The minimum absolute atomic E-state index is 0.103. The molecule has 15 rings (SSSR count). The number of benzene rings is 5. The molecule has 3 aliphatic rings. The van der Waals surface area contributed by atoms with Crippen molar-refractivity contribution in [3.05, 3.63) is 146 Å². The molecule has 0 radical (unpaired) electrons. The number of nitrogen functional groups attached to an aromatic ring is 5. The molecule has 0 unspecified atom stereocenters. The number of nitrogens with two attached hydrogens (primary N) is 5. The van der Waals surface area contributed by atoms with Crippen molar-refractivity contribution >= 4 is 209 Å². The summed E-state index contributed by atoms with van der Waals surface area (Å²) in [5, 5.41) is 12.5. The maximum Gasteiger partial charge on any atom is 0.239 e. The van der Waals surface area contributed by atoms with E-state index in [-0.39, 0.29) is 54.5 Å². The van der Waals surface area contributed by atoms with E-state index >= 15 is 0 Å². The summed E-state index contributed by atoms with van der Waals surface area (Å²) in [5.41, 5.74) is 39.7. The fourth-order valence-corrected chi connectivity index (χ4v) is 16.0. The number of nitrogens with zero attached hydrogens (tertiary/aromatic N) is 13. The van der Waals surface area contributed by atoms with Gasteiger partial charge in [-0.05, 0) is 86.5 Å². The van der Waals surface area contributed by atoms with Crippen LogP contribution in [0, 0.1) is 0 Å². The molecule has 12 N–H and O–H groups in total. The van der Waals surface area contributed by atoms with E-state index in [1.54, 1.807) is 84.1 Å². The number of methoxy groups -OCH3 is 2. The SMILES string of the molecule is CCCC(=O)Cn1ccc2c(-c3c(Cl)cc(Cl)c4c3CCO4)nc(N)nc21.CCNC(=O)Cn1ccc2nc(N)nc(-c3c(Cl)cc(Cl)c4c3CCO4)c21.CNc1cc(-c2c(Cl)cc(Cl)c3c2CCO3)nc(N)n1.COc1cc(-c2cc(SC)nc(N)n2)c(Cl)cc1Cl.COc1cc(-c2nc(N)nc(SC)n2)c(Cl)cc1Cl. The number of hydrogen-bond acceptors (Lipinski definition) is 26. The number of halogens is 10. The highest BCUT2D eigenvalue weighted by molar-refractivity contribution is 7.98. The maximum atomic E-state index is 12.1. The van der Waals surface area contributed by atoms with Gasteiger partial charge in [-0.2, -0.15) is 19.9 Å². The molecule has 39 heteroatoms. The summed E-state index contributed by atoms with van der Waals surface area (Å²) < 4.78 is 30.8. The van der Waals surface area contributed by atoms with Crippen molar-refractivity contribution in [1.82, 2.24) is 69.3 Å². The molecule has 0 aliphatic carbocycles. The van der Waals surface area contributed by atoms with Crippen LogP contribution in [0.5, 0.6) is 28.7 Å². The first-order valence-electron chi connectivity index (χ1n) is 33.8. The number of nitrogens with one attached hydrogen (secondary N) is 2. The fraction of sp³-hybridized carbons (Fsp3) is 0.247. The van der Waals surface area contributed by atoms with Gasteiger partial charge in [0.05, 0.1) is 119 Å². The molecule has 584 valence electrons. The van der Waals surface area contributed by atoms with Crippen molar-refractivity contribution in [3.8, 4) is 85.2 Å². The Hall–Kier alpha value is -8.95. The predicted molar refractivity (Wildman–Crippen MR) is 451 cm³/mol. The second kappa shape index (κ2) is 37.3. The van der Waals surface area contributed by atoms with Crippen LogP contribution in [-0.4, -0.2) is 136 Å². The molecule has 27 nitrogen and oxygen atoms in total. The second-order valence-electron chi connectivity index (χ2n) is 24.2. The molecular weight excluding hydrogens is 1690 g/mol. The van der Waals surface area contributed by atoms with E-state index in [9.17, 15) is 9.59 Å². The molecule has 0 saturated carbocycles. The largest absolute Gasteiger partial charge is 0.495 e. The van der Waals surface area contributed by atoms with Gasteiger partial charge in [-0.1, -0.05) is 135 Å². The smallest absolute Gasteiger partial charge is 0.239 e. The van der Waals surface area contributed by atoms with Crippen molar-refractivity contribution < 1.29 is 33.3 Å². The Morgan fingerprint density at radius 3 is 1.59 bits per heavy atom. The number of hydrogen-bond donors (Lipinski definition) is 7. The number of carbonyl (C=O) groups is 2. The normalized spacial score (nSPS) is 12.1. The molecule has 0 bridgehead atoms. The Morgan fingerprint density at radius 2 is 1.02 bits per heavy atom. The molecule has 1 amide bonds. The zero-order chi connectivity index (χ0) is 80.5. The molecular formula is C73H68Cl10N20O7S2. The Kier molecular flexibility index (Phi) is 28.0. The number of Topliss-reactive ketones (excluding diaryl/α,β-unsaturated/α-hetero) is 1. The van der Waals surface area contributed by atoms with Crippen molar-refractivity contribution in [2.75, 3.05) is 94.1 Å². The molecule has 12 aromatic rings. The van der Waals surface area contributed by atoms with Gasteiger partial charge in [-0.25, -0.2) is 34.9 Å². The minimum Gasteiger partial charge on any atom is -0.495 e. The summed E-state index contributed by atoms with van der Waals surface area (Å²) >= 11 is 65.3. The van der Waals surface area contributed by atoms with E-state index in [0.29, 0.717) is 198 Å². The van der Waals surface area contributed by atoms with E-state index in [1.807, 2.05) is 44.7 Å². The number of ether oxygens (including phenoxy) is 5. The second-order valence-corrected chi connectivity index (χ2v) is 29.8. The molecule has 10 heterocycles. The van der Waals surface area contributed by atoms with Crippen molar-refractivity contribution in [2.45, 2.75) is 69.2 Å². The van der Waals surface area contributed by atoms with E-state index in [1.165, 1.54) is 30.6 Å². The van der Waals surface area contributed by atoms with Gasteiger partial charge in [0.2, 0.25) is 35.6 Å². The molecule has 7 aromatic heterocycles. The topological polar surface area (TPSA) is 386 Å². The van der Waals surface area contributed by atoms with Crippen LogP contribution in [0.3, 0.4) is 0 Å². The predicted octanol–water partition coefficient (Wildman–Crippen LogP) is 17.3. The van der Waals surface area contributed by atoms with Crippen LogP contribution in [0.25, 0.3) is 78.5 Å². The lowest BCUT2D eigenvalue weighted by atomic mass is 10.00. The van der Waals surface area contributed by atoms with Crippen LogP contribution in [-0.2, 0) is 41.9 Å². The lowest BCUT2D eigenvalue weighted by Gasteiger charge is -2.14. The first-order chi connectivity index (χ1) is 53.7. The van der Waals surface area contributed by atoms with Crippen molar-refractivity contribution in [1.29, 1.82) is 0 Å². The Balaban J connectivity index is 0.000000140. The van der Waals surface area contributed by atoms with E-state index in [4.69, 9.17) is 168 Å². The third-order valence-electron chi connectivity index (χ3n) is 17.0. The zero-order valence-corrected chi connectivity index (χ0v) is 69.6. The van der Waals surface area contributed by atoms with Gasteiger partial charge in [-0.15, -0.1) is 11.8 Å². The highest BCUT2D eigenvalue weighted by atomic mass is 35.5. The van der Waals surface area contributed by atoms with Crippen molar-refractivity contribution in [2.24, 2.45) is 0 Å². The average molecular weight is 1760 g/mol. The highest BCUT2D eigenvalue weighted by Gasteiger charge is 2.30. The van der Waals surface area contributed by atoms with Crippen LogP contribution in [0.15, 0.2) is 89.3 Å². The van der Waals surface area contributed by atoms with Crippen LogP contribution < -0.4 is 63.0 Å². The van der Waals surface area contributed by atoms with Crippen LogP contribution in [0.2, 0.25) is 50.2 Å². The number of likely N-dealkylation sites (N-methyl/N-ethyl adjacent to an activating group) is 1. The van der Waals surface area contributed by atoms with Crippen LogP contribution >= 0.6 is 140 Å². The third kappa shape index (κ3) is 18.9. The highest BCUT2D eigenvalue weighted by Crippen LogP contribution is 2.49. The summed E-state index contributed by atoms with van der Waals surface area (Å²) in [7, 11) is 4.83. The average Bonchev–Trinajstić information content (AvgIpc) is 1.56. The molecule has 0 spiro atoms. The standard InChI is InChI=1S/C19H18Cl2N4O2.C18H17Cl2N5O2.C13H12Cl2N4O.C12H11Cl2N3OS.C11H10Cl2N4OS/c1-2-3-10(26)9-25-6-4-12-16(23-19(22)24-18(12)25)15-11-5-7-27-17(11)14(21)8-13(15)20;1-2-22-13(26)8-25-5-3-12-16(25)15(24-18(21)23-12)14-9-4-6-27-17(9)11(20)7-10(14)19;1-17-10-5-9(18-13(16)19-10)11-6-2-3-20-12(6)8(15)4-7(11)14;1-18-10-3-6(7(13)4-8(10)14)9-5-11(19-2)17-12(15)16-9;1-18-8-3-5(6(12)4-7(8)13)9-15-10(14)17-11(16-9)19-2/h4,6,8H,2-3,5,7,9H2,1H3,(H2,22,23,24);3,5,7H,2,4,6,8H2,1H3,(H,22,26)(H2,21,23,24);4-5H,2-3H2,1H3,(H3,16,17,18,19);3-5H,1-2H3,(H2,15,16,17);3-4H,1-2H3,(H2,14,15,16,17). The van der Waals surface area contributed by atoms with Crippen LogP contribution in [0.4, 0.5) is 35.6 Å². The Bertz CT molecular complexity index is 5510. The number of ketones is 1. The Labute approximate surface area is 700 Å². The summed E-state index contributed by atoms with van der Waals surface area (Å²) in [4.78, 5) is 70.7. The summed E-state index contributed by atoms with van der Waals surface area (Å²) in [6, 6.07) is 18.9. The van der Waals surface area contributed by atoms with Gasteiger partial charge in [0, 0.05) is 108 Å². The Morgan fingerprint density at radius 1 is 0.509 bits per heavy atom. The zero-order valence-electron chi connectivity index (χ0n) is 60.4. The van der Waals surface area contributed by atoms with E-state index in [2.05, 4.69) is 65.5 Å². The van der Waals surface area contributed by atoms with Gasteiger partial charge in [-0.3, -0.25) is 9.59 Å². The quantitative estimate of drug-likeness (QED) is 0.0329. The number of aromatic nitrogens is 13. The van der Waals surface area contributed by atoms with Gasteiger partial charge < -0.3 is 72.1 Å². The monoisotopic (exact) mass is 1750 g/mol. The number of anilines is 6. The van der Waals surface area contributed by atoms with Gasteiger partial charge >= 0.3 is 0 Å². The van der Waals surface area contributed by atoms with Gasteiger partial charge in [0.25, 0.3) is 0 Å². The number of amides is 1. The number of thioether (sulfide) groups is 2. The van der Waals surface area contributed by atoms with Crippen molar-refractivity contribution in [3.63, 3.8) is 0 Å². The fourth-order valence-electron chi connectivity index (χ4n) is 12.2. The minimum atomic E-state index is -0.103. The number of fused-ring (bicyclic) bond motifs is 5. The molecule has 0 atom stereocenters. The molecule has 0 saturated heterocycles. The molecule has 0 fully saturated rings. The van der Waals surface area contributed by atoms with Crippen LogP contribution in [0.1, 0.15) is 43.4 Å². The summed E-state index contributed by atoms with van der Waals surface area (Å²) in [6.07, 6.45) is 10.8.